The highest BCUT2D eigenvalue weighted by molar-refractivity contribution is 7.80. The van der Waals surface area contributed by atoms with Gasteiger partial charge in [-0.2, -0.15) is 12.6 Å². The quantitative estimate of drug-likeness (QED) is 0.656. The molecule has 0 radical (unpaired) electrons. The van der Waals surface area contributed by atoms with Gasteiger partial charge in [0.15, 0.2) is 0 Å². The smallest absolute Gasteiger partial charge is 0.00690 e. The summed E-state index contributed by atoms with van der Waals surface area (Å²) in [6.45, 7) is 2.22. The predicted octanol–water partition coefficient (Wildman–Crippen LogP) is 2.80. The number of hydrogen-bond donors (Lipinski definition) is 1. The van der Waals surface area contributed by atoms with Crippen molar-refractivity contribution in [1.29, 1.82) is 0 Å². The molecule has 0 nitrogen and oxygen atoms in total. The van der Waals surface area contributed by atoms with E-state index in [9.17, 15) is 0 Å². The van der Waals surface area contributed by atoms with Crippen molar-refractivity contribution in [2.24, 2.45) is 5.92 Å². The zero-order chi connectivity index (χ0) is 8.10. The van der Waals surface area contributed by atoms with E-state index in [1.807, 2.05) is 0 Å². The second-order valence-corrected chi connectivity index (χ2v) is 3.34. The summed E-state index contributed by atoms with van der Waals surface area (Å²) >= 11 is 4.25. The number of rotatable bonds is 3. The van der Waals surface area contributed by atoms with Crippen LogP contribution in [0.4, 0.5) is 0 Å². The van der Waals surface area contributed by atoms with Crippen LogP contribution in [0.5, 0.6) is 0 Å². The van der Waals surface area contributed by atoms with Crippen LogP contribution in [0.2, 0.25) is 0 Å². The van der Waals surface area contributed by atoms with Crippen molar-refractivity contribution in [2.75, 3.05) is 5.75 Å². The molecule has 0 spiro atoms. The van der Waals surface area contributed by atoms with Crippen molar-refractivity contribution in [3.05, 3.63) is 35.9 Å². The van der Waals surface area contributed by atoms with Crippen LogP contribution >= 0.6 is 12.6 Å². The molecule has 1 unspecified atom stereocenters. The average molecular weight is 166 g/mol. The van der Waals surface area contributed by atoms with Gasteiger partial charge < -0.3 is 0 Å². The fraction of sp³-hybridized carbons (Fsp3) is 0.400. The van der Waals surface area contributed by atoms with E-state index < -0.39 is 0 Å². The Kier molecular flexibility index (Phi) is 3.50. The van der Waals surface area contributed by atoms with Crippen LogP contribution in [-0.2, 0) is 6.42 Å². The first kappa shape index (κ1) is 8.66. The second-order valence-electron chi connectivity index (χ2n) is 2.98. The maximum Gasteiger partial charge on any atom is -0.00690 e. The maximum absolute atomic E-state index is 4.25. The number of hydrogen-bond acceptors (Lipinski definition) is 1. The molecular weight excluding hydrogens is 152 g/mol. The van der Waals surface area contributed by atoms with Gasteiger partial charge in [0.2, 0.25) is 0 Å². The van der Waals surface area contributed by atoms with Crippen molar-refractivity contribution < 1.29 is 0 Å². The summed E-state index contributed by atoms with van der Waals surface area (Å²) in [4.78, 5) is 0. The van der Waals surface area contributed by atoms with E-state index >= 15 is 0 Å². The Morgan fingerprint density at radius 2 is 1.91 bits per heavy atom. The van der Waals surface area contributed by atoms with Gasteiger partial charge in [-0.25, -0.2) is 0 Å². The third-order valence-corrected chi connectivity index (χ3v) is 2.36. The normalized spacial score (nSPS) is 12.9. The van der Waals surface area contributed by atoms with Gasteiger partial charge in [-0.3, -0.25) is 0 Å². The lowest BCUT2D eigenvalue weighted by Gasteiger charge is -2.06. The first-order chi connectivity index (χ1) is 5.33. The molecule has 60 valence electrons. The molecule has 0 heterocycles. The zero-order valence-corrected chi connectivity index (χ0v) is 7.72. The summed E-state index contributed by atoms with van der Waals surface area (Å²) < 4.78 is 0. The van der Waals surface area contributed by atoms with Gasteiger partial charge >= 0.3 is 0 Å². The Labute approximate surface area is 74.0 Å². The Morgan fingerprint density at radius 1 is 1.27 bits per heavy atom. The zero-order valence-electron chi connectivity index (χ0n) is 6.83. The molecule has 11 heavy (non-hydrogen) atoms. The first-order valence-electron chi connectivity index (χ1n) is 3.97. The van der Waals surface area contributed by atoms with E-state index in [0.29, 0.717) is 5.92 Å². The topological polar surface area (TPSA) is 0 Å². The number of benzene rings is 1. The average Bonchev–Trinajstić information content (AvgIpc) is 2.06. The summed E-state index contributed by atoms with van der Waals surface area (Å²) in [6.07, 6.45) is 1.14. The molecule has 0 aliphatic carbocycles. The van der Waals surface area contributed by atoms with Crippen molar-refractivity contribution >= 4 is 12.6 Å². The summed E-state index contributed by atoms with van der Waals surface area (Å²) in [5, 5.41) is 0. The van der Waals surface area contributed by atoms with Crippen molar-refractivity contribution in [3.8, 4) is 0 Å². The molecule has 0 saturated heterocycles. The Hall–Kier alpha value is -0.430. The van der Waals surface area contributed by atoms with Crippen LogP contribution in [0.3, 0.4) is 0 Å². The molecule has 1 aromatic rings. The Balaban J connectivity index is 2.51. The second kappa shape index (κ2) is 4.45. The maximum atomic E-state index is 4.25. The molecule has 0 fully saturated rings. The predicted molar refractivity (Wildman–Crippen MR) is 53.2 cm³/mol. The van der Waals surface area contributed by atoms with E-state index in [0.717, 1.165) is 12.2 Å². The first-order valence-corrected chi connectivity index (χ1v) is 4.61. The fourth-order valence-electron chi connectivity index (χ4n) is 1.08. The van der Waals surface area contributed by atoms with Gasteiger partial charge in [-0.15, -0.1) is 0 Å². The van der Waals surface area contributed by atoms with Crippen LogP contribution in [0.25, 0.3) is 0 Å². The van der Waals surface area contributed by atoms with Crippen molar-refractivity contribution in [3.63, 3.8) is 0 Å². The van der Waals surface area contributed by atoms with Crippen molar-refractivity contribution in [1.82, 2.24) is 0 Å². The van der Waals surface area contributed by atoms with Crippen LogP contribution in [-0.4, -0.2) is 5.75 Å². The van der Waals surface area contributed by atoms with E-state index in [-0.39, 0.29) is 0 Å². The van der Waals surface area contributed by atoms with Crippen LogP contribution < -0.4 is 0 Å². The molecule has 0 aliphatic heterocycles. The minimum Gasteiger partial charge on any atom is -0.179 e. The monoisotopic (exact) mass is 166 g/mol. The summed E-state index contributed by atoms with van der Waals surface area (Å²) in [6, 6.07) is 10.6. The van der Waals surface area contributed by atoms with Gasteiger partial charge in [-0.05, 0) is 23.7 Å². The molecule has 0 aliphatic rings. The van der Waals surface area contributed by atoms with E-state index in [4.69, 9.17) is 0 Å². The minimum atomic E-state index is 0.681. The lowest BCUT2D eigenvalue weighted by Crippen LogP contribution is -2.00. The highest BCUT2D eigenvalue weighted by Gasteiger charge is 1.99. The van der Waals surface area contributed by atoms with E-state index in [1.165, 1.54) is 5.56 Å². The van der Waals surface area contributed by atoms with Crippen LogP contribution in [0.1, 0.15) is 12.5 Å². The van der Waals surface area contributed by atoms with Crippen LogP contribution in [0.15, 0.2) is 30.3 Å². The molecule has 0 bridgehead atoms. The molecule has 1 aromatic carbocycles. The molecule has 0 saturated carbocycles. The lowest BCUT2D eigenvalue weighted by atomic mass is 10.0. The lowest BCUT2D eigenvalue weighted by molar-refractivity contribution is 0.660. The largest absolute Gasteiger partial charge is 0.179 e. The molecule has 0 aromatic heterocycles. The van der Waals surface area contributed by atoms with Gasteiger partial charge in [0.05, 0.1) is 0 Å². The van der Waals surface area contributed by atoms with Gasteiger partial charge in [0, 0.05) is 0 Å². The molecule has 0 N–H and O–H groups in total. The minimum absolute atomic E-state index is 0.681. The summed E-state index contributed by atoms with van der Waals surface area (Å²) in [5.74, 6) is 1.65. The molecule has 0 amide bonds. The highest BCUT2D eigenvalue weighted by Crippen LogP contribution is 2.08. The highest BCUT2D eigenvalue weighted by atomic mass is 32.1. The SMILES string of the molecule is CC(CS)Cc1ccccc1. The number of thiol groups is 1. The Bertz CT molecular complexity index is 193. The molecular formula is C10H14S. The third kappa shape index (κ3) is 2.98. The molecule has 1 atom stereocenters. The fourth-order valence-corrected chi connectivity index (χ4v) is 1.21. The van der Waals surface area contributed by atoms with E-state index in [2.05, 4.69) is 49.9 Å². The molecule has 1 rings (SSSR count). The third-order valence-electron chi connectivity index (χ3n) is 1.74. The Morgan fingerprint density at radius 3 is 2.45 bits per heavy atom. The summed E-state index contributed by atoms with van der Waals surface area (Å²) in [7, 11) is 0. The van der Waals surface area contributed by atoms with Crippen molar-refractivity contribution in [2.45, 2.75) is 13.3 Å². The van der Waals surface area contributed by atoms with E-state index in [1.54, 1.807) is 0 Å². The summed E-state index contributed by atoms with van der Waals surface area (Å²) in [5.41, 5.74) is 1.41. The van der Waals surface area contributed by atoms with Gasteiger partial charge in [0.25, 0.3) is 0 Å². The van der Waals surface area contributed by atoms with Crippen LogP contribution in [0, 0.1) is 5.92 Å². The van der Waals surface area contributed by atoms with Gasteiger partial charge in [-0.1, -0.05) is 37.3 Å². The molecule has 1 heteroatoms. The van der Waals surface area contributed by atoms with Gasteiger partial charge in [0.1, 0.15) is 0 Å². The standard InChI is InChI=1S/C10H14S/c1-9(8-11)7-10-5-3-2-4-6-10/h2-6,9,11H,7-8H2,1H3.